The number of ether oxygens (including phenoxy) is 1. The van der Waals surface area contributed by atoms with Crippen LogP contribution >= 0.6 is 0 Å². The average molecular weight is 281 g/mol. The fourth-order valence-electron chi connectivity index (χ4n) is 2.73. The number of hydrogen-bond donors (Lipinski definition) is 1. The van der Waals surface area contributed by atoms with Crippen molar-refractivity contribution in [2.75, 3.05) is 11.5 Å². The number of benzene rings is 2. The molecule has 2 aromatic rings. The molecule has 3 nitrogen and oxygen atoms in total. The SMILES string of the molecule is CC1=C(CO)N(c2ccccc2C)C(c2ccccc2)O1. The summed E-state index contributed by atoms with van der Waals surface area (Å²) in [6, 6.07) is 18.2. The second-order valence-electron chi connectivity index (χ2n) is 5.20. The van der Waals surface area contributed by atoms with Gasteiger partial charge in [0.1, 0.15) is 5.76 Å². The van der Waals surface area contributed by atoms with Gasteiger partial charge in [-0.1, -0.05) is 48.5 Å². The lowest BCUT2D eigenvalue weighted by molar-refractivity contribution is 0.148. The predicted octanol–water partition coefficient (Wildman–Crippen LogP) is 3.75. The fraction of sp³-hybridized carbons (Fsp3) is 0.222. The van der Waals surface area contributed by atoms with Crippen LogP contribution in [0.3, 0.4) is 0 Å². The summed E-state index contributed by atoms with van der Waals surface area (Å²) < 4.78 is 6.02. The Morgan fingerprint density at radius 2 is 1.67 bits per heavy atom. The number of para-hydroxylation sites is 1. The lowest BCUT2D eigenvalue weighted by atomic mass is 10.1. The van der Waals surface area contributed by atoms with Gasteiger partial charge in [-0.3, -0.25) is 4.90 Å². The van der Waals surface area contributed by atoms with Gasteiger partial charge in [0, 0.05) is 11.3 Å². The van der Waals surface area contributed by atoms with Crippen LogP contribution in [0.1, 0.15) is 24.3 Å². The summed E-state index contributed by atoms with van der Waals surface area (Å²) in [5, 5.41) is 9.74. The van der Waals surface area contributed by atoms with Crippen LogP contribution in [-0.4, -0.2) is 11.7 Å². The lowest BCUT2D eigenvalue weighted by Gasteiger charge is -2.28. The summed E-state index contributed by atoms with van der Waals surface area (Å²) in [6.07, 6.45) is -0.227. The Bertz CT molecular complexity index is 664. The predicted molar refractivity (Wildman–Crippen MR) is 83.7 cm³/mol. The summed E-state index contributed by atoms with van der Waals surface area (Å²) in [5.74, 6) is 0.773. The van der Waals surface area contributed by atoms with Crippen molar-refractivity contribution in [1.29, 1.82) is 0 Å². The minimum absolute atomic E-state index is 0.0382. The fourth-order valence-corrected chi connectivity index (χ4v) is 2.73. The van der Waals surface area contributed by atoms with Crippen LogP contribution in [0.25, 0.3) is 0 Å². The number of nitrogens with zero attached hydrogens (tertiary/aromatic N) is 1. The smallest absolute Gasteiger partial charge is 0.202 e. The number of aliphatic hydroxyl groups excluding tert-OH is 1. The lowest BCUT2D eigenvalue weighted by Crippen LogP contribution is -2.26. The number of aliphatic hydroxyl groups is 1. The number of hydrogen-bond acceptors (Lipinski definition) is 3. The average Bonchev–Trinajstić information content (AvgIpc) is 2.85. The molecule has 2 aromatic carbocycles. The molecule has 3 heteroatoms. The van der Waals surface area contributed by atoms with Crippen molar-refractivity contribution < 1.29 is 9.84 Å². The second-order valence-corrected chi connectivity index (χ2v) is 5.20. The molecule has 108 valence electrons. The van der Waals surface area contributed by atoms with Gasteiger partial charge in [-0.05, 0) is 25.5 Å². The second kappa shape index (κ2) is 5.62. The van der Waals surface area contributed by atoms with Gasteiger partial charge in [-0.15, -0.1) is 0 Å². The number of aryl methyl sites for hydroxylation is 1. The molecule has 1 aliphatic rings. The van der Waals surface area contributed by atoms with E-state index in [4.69, 9.17) is 4.74 Å². The van der Waals surface area contributed by atoms with E-state index in [1.54, 1.807) is 0 Å². The molecular weight excluding hydrogens is 262 g/mol. The van der Waals surface area contributed by atoms with E-state index in [0.29, 0.717) is 0 Å². The first-order valence-corrected chi connectivity index (χ1v) is 7.09. The standard InChI is InChI=1S/C18H19NO2/c1-13-8-6-7-11-16(13)19-17(12-20)14(2)21-18(19)15-9-4-3-5-10-15/h3-11,18,20H,12H2,1-2H3. The van der Waals surface area contributed by atoms with Gasteiger partial charge < -0.3 is 9.84 Å². The van der Waals surface area contributed by atoms with Crippen LogP contribution in [-0.2, 0) is 4.74 Å². The molecule has 0 saturated heterocycles. The van der Waals surface area contributed by atoms with Gasteiger partial charge in [0.05, 0.1) is 12.3 Å². The molecule has 0 bridgehead atoms. The van der Waals surface area contributed by atoms with E-state index in [9.17, 15) is 5.11 Å². The van der Waals surface area contributed by atoms with Gasteiger partial charge in [0.2, 0.25) is 6.23 Å². The van der Waals surface area contributed by atoms with Crippen molar-refractivity contribution in [3.63, 3.8) is 0 Å². The first kappa shape index (κ1) is 13.7. The topological polar surface area (TPSA) is 32.7 Å². The highest BCUT2D eigenvalue weighted by molar-refractivity contribution is 5.60. The van der Waals surface area contributed by atoms with E-state index >= 15 is 0 Å². The maximum absolute atomic E-state index is 9.74. The molecule has 0 radical (unpaired) electrons. The summed E-state index contributed by atoms with van der Waals surface area (Å²) in [6.45, 7) is 3.93. The third-order valence-corrected chi connectivity index (χ3v) is 3.83. The molecule has 0 aromatic heterocycles. The molecule has 0 amide bonds. The Balaban J connectivity index is 2.09. The highest BCUT2D eigenvalue weighted by atomic mass is 16.5. The summed E-state index contributed by atoms with van der Waals surface area (Å²) in [7, 11) is 0. The van der Waals surface area contributed by atoms with Gasteiger partial charge in [-0.25, -0.2) is 0 Å². The first-order valence-electron chi connectivity index (χ1n) is 7.09. The Hall–Kier alpha value is -2.26. The normalized spacial score (nSPS) is 18.0. The Labute approximate surface area is 125 Å². The molecule has 0 saturated carbocycles. The minimum atomic E-state index is -0.227. The van der Waals surface area contributed by atoms with Crippen molar-refractivity contribution in [1.82, 2.24) is 0 Å². The Kier molecular flexibility index (Phi) is 3.67. The third kappa shape index (κ3) is 2.41. The van der Waals surface area contributed by atoms with Crippen molar-refractivity contribution in [2.24, 2.45) is 0 Å². The third-order valence-electron chi connectivity index (χ3n) is 3.83. The van der Waals surface area contributed by atoms with Gasteiger partial charge in [0.25, 0.3) is 0 Å². The van der Waals surface area contributed by atoms with Gasteiger partial charge in [0.15, 0.2) is 0 Å². The van der Waals surface area contributed by atoms with Crippen molar-refractivity contribution in [3.05, 3.63) is 77.2 Å². The van der Waals surface area contributed by atoms with Gasteiger partial charge >= 0.3 is 0 Å². The highest BCUT2D eigenvalue weighted by Crippen LogP contribution is 2.41. The maximum Gasteiger partial charge on any atom is 0.202 e. The molecule has 1 unspecified atom stereocenters. The van der Waals surface area contributed by atoms with Crippen LogP contribution in [0, 0.1) is 6.92 Å². The summed E-state index contributed by atoms with van der Waals surface area (Å²) in [5.41, 5.74) is 4.11. The Morgan fingerprint density at radius 3 is 2.33 bits per heavy atom. The van der Waals surface area contributed by atoms with Crippen LogP contribution in [0.5, 0.6) is 0 Å². The monoisotopic (exact) mass is 281 g/mol. The van der Waals surface area contributed by atoms with E-state index < -0.39 is 0 Å². The number of rotatable bonds is 3. The summed E-state index contributed by atoms with van der Waals surface area (Å²) in [4.78, 5) is 2.08. The summed E-state index contributed by atoms with van der Waals surface area (Å²) >= 11 is 0. The largest absolute Gasteiger partial charge is 0.469 e. The van der Waals surface area contributed by atoms with Crippen LogP contribution in [0.4, 0.5) is 5.69 Å². The zero-order valence-electron chi connectivity index (χ0n) is 12.3. The van der Waals surface area contributed by atoms with Crippen LogP contribution in [0.15, 0.2) is 66.1 Å². The van der Waals surface area contributed by atoms with E-state index in [2.05, 4.69) is 24.0 Å². The van der Waals surface area contributed by atoms with Crippen LogP contribution in [0.2, 0.25) is 0 Å². The quantitative estimate of drug-likeness (QED) is 0.930. The molecule has 0 aliphatic carbocycles. The first-order chi connectivity index (χ1) is 10.2. The molecule has 0 spiro atoms. The minimum Gasteiger partial charge on any atom is -0.469 e. The van der Waals surface area contributed by atoms with E-state index in [0.717, 1.165) is 28.3 Å². The molecular formula is C18H19NO2. The van der Waals surface area contributed by atoms with Gasteiger partial charge in [-0.2, -0.15) is 0 Å². The molecule has 1 aliphatic heterocycles. The van der Waals surface area contributed by atoms with Crippen molar-refractivity contribution >= 4 is 5.69 Å². The van der Waals surface area contributed by atoms with Crippen molar-refractivity contribution in [3.8, 4) is 0 Å². The maximum atomic E-state index is 9.74. The molecule has 1 N–H and O–H groups in total. The molecule has 3 rings (SSSR count). The molecule has 1 atom stereocenters. The van der Waals surface area contributed by atoms with Crippen molar-refractivity contribution in [2.45, 2.75) is 20.1 Å². The van der Waals surface area contributed by atoms with E-state index in [1.165, 1.54) is 0 Å². The number of anilines is 1. The number of allylic oxidation sites excluding steroid dienone is 1. The Morgan fingerprint density at radius 1 is 1.00 bits per heavy atom. The zero-order valence-corrected chi connectivity index (χ0v) is 12.3. The van der Waals surface area contributed by atoms with Crippen LogP contribution < -0.4 is 4.90 Å². The van der Waals surface area contributed by atoms with E-state index in [1.807, 2.05) is 49.4 Å². The van der Waals surface area contributed by atoms with E-state index in [-0.39, 0.29) is 12.8 Å². The highest BCUT2D eigenvalue weighted by Gasteiger charge is 2.33. The molecule has 21 heavy (non-hydrogen) atoms. The molecule has 0 fully saturated rings. The zero-order chi connectivity index (χ0) is 14.8. The molecule has 1 heterocycles.